The molecule has 2 N–H and O–H groups in total. The second-order valence-corrected chi connectivity index (χ2v) is 12.9. The maximum atomic E-state index is 16.8. The summed E-state index contributed by atoms with van der Waals surface area (Å²) in [5.41, 5.74) is -1.28. The molecule has 8 nitrogen and oxygen atoms in total. The van der Waals surface area contributed by atoms with Crippen molar-refractivity contribution in [3.8, 4) is 35.4 Å². The van der Waals surface area contributed by atoms with Crippen molar-refractivity contribution >= 4 is 27.5 Å². The quantitative estimate of drug-likeness (QED) is 0.195. The number of phenolic OH excluding ortho intramolecular Hbond substituents is 1. The summed E-state index contributed by atoms with van der Waals surface area (Å²) in [6, 6.07) is 5.66. The molecule has 244 valence electrons. The first-order valence-electron chi connectivity index (χ1n) is 15.8. The lowest BCUT2D eigenvalue weighted by atomic mass is 9.78. The third-order valence-corrected chi connectivity index (χ3v) is 9.79. The van der Waals surface area contributed by atoms with Crippen molar-refractivity contribution in [3.05, 3.63) is 59.3 Å². The highest BCUT2D eigenvalue weighted by molar-refractivity contribution is 6.03. The van der Waals surface area contributed by atoms with Gasteiger partial charge in [-0.05, 0) is 49.4 Å². The number of phenols is 1. The second kappa shape index (κ2) is 12.0. The maximum Gasteiger partial charge on any atom is 0.319 e. The van der Waals surface area contributed by atoms with Gasteiger partial charge in [-0.1, -0.05) is 25.8 Å². The Morgan fingerprint density at radius 3 is 2.64 bits per heavy atom. The zero-order valence-electron chi connectivity index (χ0n) is 26.1. The van der Waals surface area contributed by atoms with E-state index in [1.54, 1.807) is 6.92 Å². The first-order chi connectivity index (χ1) is 22.6. The van der Waals surface area contributed by atoms with Gasteiger partial charge < -0.3 is 25.0 Å². The number of pyridine rings is 1. The lowest BCUT2D eigenvalue weighted by molar-refractivity contribution is 0.0924. The van der Waals surface area contributed by atoms with Gasteiger partial charge in [0.25, 0.3) is 6.08 Å². The number of piperazine rings is 1. The molecule has 2 aromatic carbocycles. The molecule has 2 bridgehead atoms. The molecule has 12 heteroatoms. The topological polar surface area (TPSA) is 86.6 Å². The highest BCUT2D eigenvalue weighted by Gasteiger charge is 2.39. The average molecular weight is 647 g/mol. The molecule has 3 aliphatic heterocycles. The van der Waals surface area contributed by atoms with Crippen LogP contribution in [-0.2, 0) is 0 Å². The maximum absolute atomic E-state index is 16.8. The Morgan fingerprint density at radius 1 is 1.17 bits per heavy atom. The lowest BCUT2D eigenvalue weighted by Crippen LogP contribution is -2.51. The number of hydrogen-bond acceptors (Lipinski definition) is 8. The number of terminal acetylenes is 1. The van der Waals surface area contributed by atoms with Crippen LogP contribution in [0.4, 0.5) is 23.4 Å². The van der Waals surface area contributed by atoms with Crippen LogP contribution in [0.1, 0.15) is 38.7 Å². The number of nitrogens with zero attached hydrogens (tertiary/aromatic N) is 5. The summed E-state index contributed by atoms with van der Waals surface area (Å²) in [5.74, 6) is 1.08. The second-order valence-electron chi connectivity index (χ2n) is 12.9. The monoisotopic (exact) mass is 646 g/mol. The van der Waals surface area contributed by atoms with Crippen LogP contribution < -0.4 is 15.0 Å². The van der Waals surface area contributed by atoms with Crippen LogP contribution in [0.5, 0.6) is 11.8 Å². The van der Waals surface area contributed by atoms with Gasteiger partial charge in [0.2, 0.25) is 0 Å². The molecule has 3 atom stereocenters. The summed E-state index contributed by atoms with van der Waals surface area (Å²) in [4.78, 5) is 17.8. The van der Waals surface area contributed by atoms with E-state index < -0.39 is 23.1 Å². The first kappa shape index (κ1) is 31.1. The number of halogens is 4. The van der Waals surface area contributed by atoms with Crippen LogP contribution in [-0.4, -0.2) is 76.4 Å². The Labute approximate surface area is 269 Å². The number of aromatic hydroxyl groups is 1. The van der Waals surface area contributed by atoms with Gasteiger partial charge in [-0.2, -0.15) is 18.7 Å². The van der Waals surface area contributed by atoms with E-state index >= 15 is 4.39 Å². The number of aromatic nitrogens is 3. The summed E-state index contributed by atoms with van der Waals surface area (Å²) < 4.78 is 65.9. The Kier molecular flexibility index (Phi) is 7.92. The molecular formula is C35H34F4N6O2. The Balaban J connectivity index is 1.37. The van der Waals surface area contributed by atoms with Crippen molar-refractivity contribution in [2.45, 2.75) is 45.2 Å². The predicted octanol–water partition coefficient (Wildman–Crippen LogP) is 6.01. The van der Waals surface area contributed by atoms with Gasteiger partial charge in [0.1, 0.15) is 35.2 Å². The molecule has 3 fully saturated rings. The fourth-order valence-corrected chi connectivity index (χ4v) is 7.43. The van der Waals surface area contributed by atoms with Gasteiger partial charge in [-0.3, -0.25) is 4.98 Å². The molecule has 47 heavy (non-hydrogen) atoms. The van der Waals surface area contributed by atoms with Crippen LogP contribution in [0.3, 0.4) is 0 Å². The molecule has 0 amide bonds. The molecule has 4 aromatic rings. The van der Waals surface area contributed by atoms with Crippen molar-refractivity contribution in [2.75, 3.05) is 44.2 Å². The van der Waals surface area contributed by atoms with E-state index in [0.717, 1.165) is 12.8 Å². The normalized spacial score (nSPS) is 23.0. The standard InChI is InChI=1S/C35H34F4N6O2/c1-4-23-27(36)9-6-19-12-22(46)13-24(28(19)23)30-29(37)31-25(14-40-30)33(45-15-20-7-8-21(16-45)41-20)43-34(42-31)47-18-35(3)17-44(5-2)11-10-26(35)32(38)39/h1,6,9,12-14,20-21,41,46H,5,7-8,10-11,15-18H2,2-3H3/t20-,21+,35-/m1/s1. The van der Waals surface area contributed by atoms with E-state index in [1.807, 2.05) is 6.92 Å². The van der Waals surface area contributed by atoms with Crippen LogP contribution in [0.25, 0.3) is 32.9 Å². The van der Waals surface area contributed by atoms with E-state index in [9.17, 15) is 18.3 Å². The Hall–Kier alpha value is -4.47. The van der Waals surface area contributed by atoms with Gasteiger partial charge in [0, 0.05) is 66.4 Å². The minimum Gasteiger partial charge on any atom is -0.508 e. The number of benzene rings is 2. The third kappa shape index (κ3) is 5.51. The van der Waals surface area contributed by atoms with Crippen LogP contribution in [0, 0.1) is 29.4 Å². The Bertz CT molecular complexity index is 1960. The van der Waals surface area contributed by atoms with Crippen molar-refractivity contribution in [3.63, 3.8) is 0 Å². The van der Waals surface area contributed by atoms with Gasteiger partial charge in [-0.15, -0.1) is 6.42 Å². The molecule has 7 rings (SSSR count). The lowest BCUT2D eigenvalue weighted by Gasteiger charge is -2.41. The van der Waals surface area contributed by atoms with Crippen LogP contribution in [0.15, 0.2) is 42.1 Å². The first-order valence-corrected chi connectivity index (χ1v) is 15.8. The molecule has 0 spiro atoms. The third-order valence-electron chi connectivity index (χ3n) is 9.79. The van der Waals surface area contributed by atoms with Gasteiger partial charge in [-0.25, -0.2) is 8.78 Å². The smallest absolute Gasteiger partial charge is 0.319 e. The predicted molar refractivity (Wildman–Crippen MR) is 172 cm³/mol. The van der Waals surface area contributed by atoms with Crippen molar-refractivity contribution in [1.29, 1.82) is 0 Å². The zero-order valence-corrected chi connectivity index (χ0v) is 26.1. The minimum absolute atomic E-state index is 0.0341. The molecule has 3 aliphatic rings. The minimum atomic E-state index is -1.72. The largest absolute Gasteiger partial charge is 0.508 e. The zero-order chi connectivity index (χ0) is 33.0. The van der Waals surface area contributed by atoms with Crippen molar-refractivity contribution in [1.82, 2.24) is 25.2 Å². The van der Waals surface area contributed by atoms with E-state index in [2.05, 4.69) is 31.0 Å². The number of likely N-dealkylation sites (tertiary alicyclic amines) is 1. The molecule has 0 unspecified atom stereocenters. The molecular weight excluding hydrogens is 612 g/mol. The SMILES string of the molecule is C#Cc1c(F)ccc2cc(O)cc(-c3ncc4c(N5C[C@H]6CC[C@@H](C5)N6)nc(OC[C@@]5(C)CN(CC)CCC5=C(F)F)nc4c3F)c12. The number of anilines is 1. The van der Waals surface area contributed by atoms with Crippen molar-refractivity contribution in [2.24, 2.45) is 5.41 Å². The highest BCUT2D eigenvalue weighted by Crippen LogP contribution is 2.41. The molecule has 0 aliphatic carbocycles. The van der Waals surface area contributed by atoms with E-state index in [0.29, 0.717) is 49.3 Å². The number of ether oxygens (including phenoxy) is 1. The number of rotatable bonds is 6. The van der Waals surface area contributed by atoms with Gasteiger partial charge >= 0.3 is 6.01 Å². The fraction of sp³-hybridized carbons (Fsp3) is 0.400. The molecule has 0 radical (unpaired) electrons. The molecule has 5 heterocycles. The fourth-order valence-electron chi connectivity index (χ4n) is 7.43. The summed E-state index contributed by atoms with van der Waals surface area (Å²) in [5, 5.41) is 15.1. The van der Waals surface area contributed by atoms with Gasteiger partial charge in [0.15, 0.2) is 5.82 Å². The number of hydrogen-bond donors (Lipinski definition) is 2. The van der Waals surface area contributed by atoms with Crippen LogP contribution in [0.2, 0.25) is 0 Å². The number of fused-ring (bicyclic) bond motifs is 4. The number of piperidine rings is 1. The van der Waals surface area contributed by atoms with Crippen molar-refractivity contribution < 1.29 is 27.4 Å². The van der Waals surface area contributed by atoms with Gasteiger partial charge in [0.05, 0.1) is 10.9 Å². The summed E-state index contributed by atoms with van der Waals surface area (Å²) in [7, 11) is 0. The average Bonchev–Trinajstić information content (AvgIpc) is 3.40. The van der Waals surface area contributed by atoms with E-state index in [1.165, 1.54) is 30.5 Å². The summed E-state index contributed by atoms with van der Waals surface area (Å²) in [6.07, 6.45) is 7.62. The molecule has 2 aromatic heterocycles. The number of nitrogens with one attached hydrogen (secondary N) is 1. The highest BCUT2D eigenvalue weighted by atomic mass is 19.3. The van der Waals surface area contributed by atoms with Crippen LogP contribution >= 0.6 is 0 Å². The van der Waals surface area contributed by atoms with E-state index in [-0.39, 0.29) is 70.2 Å². The summed E-state index contributed by atoms with van der Waals surface area (Å²) in [6.45, 7) is 6.40. The molecule has 3 saturated heterocycles. The summed E-state index contributed by atoms with van der Waals surface area (Å²) >= 11 is 0. The van der Waals surface area contributed by atoms with E-state index in [4.69, 9.17) is 16.1 Å². The molecule has 0 saturated carbocycles. The Morgan fingerprint density at radius 2 is 1.94 bits per heavy atom.